The molecule has 0 bridgehead atoms. The van der Waals surface area contributed by atoms with E-state index in [0.29, 0.717) is 41.5 Å². The maximum absolute atomic E-state index is 14.6. The van der Waals surface area contributed by atoms with E-state index in [9.17, 15) is 9.18 Å². The van der Waals surface area contributed by atoms with Crippen LogP contribution in [-0.4, -0.2) is 55.1 Å². The first kappa shape index (κ1) is 21.7. The Balaban J connectivity index is 1.58. The van der Waals surface area contributed by atoms with Gasteiger partial charge in [0.15, 0.2) is 0 Å². The summed E-state index contributed by atoms with van der Waals surface area (Å²) in [5, 5.41) is 0. The number of likely N-dealkylation sites (tertiary alicyclic amines) is 1. The second-order valence-corrected chi connectivity index (χ2v) is 8.14. The summed E-state index contributed by atoms with van der Waals surface area (Å²) in [4.78, 5) is 25.9. The highest BCUT2D eigenvalue weighted by atomic mass is 19.1. The van der Waals surface area contributed by atoms with Crippen molar-refractivity contribution in [1.29, 1.82) is 0 Å². The van der Waals surface area contributed by atoms with E-state index in [1.54, 1.807) is 37.6 Å². The van der Waals surface area contributed by atoms with Crippen LogP contribution in [0.4, 0.5) is 10.3 Å². The lowest BCUT2D eigenvalue weighted by atomic mass is 9.88. The highest BCUT2D eigenvalue weighted by molar-refractivity contribution is 5.94. The molecule has 2 aromatic carbocycles. The minimum Gasteiger partial charge on any atom is -0.497 e. The first-order valence-electron chi connectivity index (χ1n) is 10.7. The molecule has 1 fully saturated rings. The van der Waals surface area contributed by atoms with Crippen LogP contribution >= 0.6 is 0 Å². The highest BCUT2D eigenvalue weighted by Gasteiger charge is 2.28. The fraction of sp³-hybridized carbons (Fsp3) is 0.320. The van der Waals surface area contributed by atoms with Gasteiger partial charge in [-0.25, -0.2) is 14.4 Å². The Bertz CT molecular complexity index is 1110. The van der Waals surface area contributed by atoms with E-state index in [1.807, 2.05) is 42.1 Å². The van der Waals surface area contributed by atoms with Gasteiger partial charge in [-0.3, -0.25) is 4.79 Å². The summed E-state index contributed by atoms with van der Waals surface area (Å²) in [6.45, 7) is 1.22. The Morgan fingerprint density at radius 3 is 2.53 bits per heavy atom. The molecule has 0 spiro atoms. The summed E-state index contributed by atoms with van der Waals surface area (Å²) < 4.78 is 19.8. The Hall–Kier alpha value is -3.48. The van der Waals surface area contributed by atoms with Gasteiger partial charge in [-0.15, -0.1) is 0 Å². The molecule has 3 aromatic rings. The third-order valence-corrected chi connectivity index (χ3v) is 5.86. The normalized spacial score (nSPS) is 14.3. The maximum Gasteiger partial charge on any atom is 0.253 e. The molecular formula is C25H27FN4O2. The number of ether oxygens (including phenoxy) is 1. The zero-order valence-electron chi connectivity index (χ0n) is 18.6. The molecule has 1 aliphatic heterocycles. The van der Waals surface area contributed by atoms with Gasteiger partial charge in [0.05, 0.1) is 12.8 Å². The molecule has 0 atom stereocenters. The van der Waals surface area contributed by atoms with Gasteiger partial charge in [-0.1, -0.05) is 24.3 Å². The Morgan fingerprint density at radius 2 is 1.84 bits per heavy atom. The fourth-order valence-electron chi connectivity index (χ4n) is 4.09. The molecule has 7 heteroatoms. The number of carbonyl (C=O) groups excluding carboxylic acids is 1. The van der Waals surface area contributed by atoms with Crippen molar-refractivity contribution >= 4 is 11.9 Å². The molecule has 0 radical (unpaired) electrons. The van der Waals surface area contributed by atoms with Crippen LogP contribution in [0.1, 0.15) is 34.8 Å². The predicted molar refractivity (Wildman–Crippen MR) is 123 cm³/mol. The molecule has 1 aromatic heterocycles. The number of methoxy groups -OCH3 is 1. The highest BCUT2D eigenvalue weighted by Crippen LogP contribution is 2.36. The number of aromatic nitrogens is 2. The van der Waals surface area contributed by atoms with Gasteiger partial charge >= 0.3 is 0 Å². The zero-order chi connectivity index (χ0) is 22.7. The molecule has 0 N–H and O–H groups in total. The maximum atomic E-state index is 14.6. The smallest absolute Gasteiger partial charge is 0.253 e. The van der Waals surface area contributed by atoms with E-state index in [4.69, 9.17) is 9.72 Å². The summed E-state index contributed by atoms with van der Waals surface area (Å²) in [6, 6.07) is 13.9. The van der Waals surface area contributed by atoms with Crippen LogP contribution in [0.2, 0.25) is 0 Å². The Kier molecular flexibility index (Phi) is 6.35. The molecule has 1 saturated heterocycles. The summed E-state index contributed by atoms with van der Waals surface area (Å²) in [5.41, 5.74) is 2.67. The van der Waals surface area contributed by atoms with Crippen molar-refractivity contribution in [2.75, 3.05) is 39.2 Å². The Morgan fingerprint density at radius 1 is 1.09 bits per heavy atom. The molecule has 0 aliphatic carbocycles. The summed E-state index contributed by atoms with van der Waals surface area (Å²) >= 11 is 0. The molecule has 6 nitrogen and oxygen atoms in total. The molecule has 166 valence electrons. The van der Waals surface area contributed by atoms with Crippen LogP contribution in [0.3, 0.4) is 0 Å². The van der Waals surface area contributed by atoms with Crippen molar-refractivity contribution in [3.05, 3.63) is 71.8 Å². The van der Waals surface area contributed by atoms with Gasteiger partial charge in [-0.05, 0) is 37.1 Å². The minimum atomic E-state index is -0.291. The quantitative estimate of drug-likeness (QED) is 0.597. The van der Waals surface area contributed by atoms with Gasteiger partial charge in [-0.2, -0.15) is 0 Å². The topological polar surface area (TPSA) is 58.6 Å². The van der Waals surface area contributed by atoms with Crippen LogP contribution in [-0.2, 0) is 0 Å². The number of rotatable bonds is 5. The number of hydrogen-bond donors (Lipinski definition) is 0. The summed E-state index contributed by atoms with van der Waals surface area (Å²) in [7, 11) is 5.36. The molecule has 4 rings (SSSR count). The molecule has 2 heterocycles. The molecule has 0 saturated carbocycles. The number of piperidine rings is 1. The fourth-order valence-corrected chi connectivity index (χ4v) is 4.09. The summed E-state index contributed by atoms with van der Waals surface area (Å²) in [6.07, 6.45) is 3.21. The second kappa shape index (κ2) is 9.34. The van der Waals surface area contributed by atoms with E-state index in [1.165, 1.54) is 6.07 Å². The number of halogens is 1. The number of anilines is 1. The van der Waals surface area contributed by atoms with Gasteiger partial charge < -0.3 is 14.5 Å². The SMILES string of the molecule is COc1cccc(C(=O)N2CCC(c3nc(N(C)C)ncc3-c3ccccc3F)CC2)c1. The molecular weight excluding hydrogens is 407 g/mol. The van der Waals surface area contributed by atoms with Crippen LogP contribution in [0.15, 0.2) is 54.7 Å². The van der Waals surface area contributed by atoms with Crippen LogP contribution in [0.25, 0.3) is 11.1 Å². The van der Waals surface area contributed by atoms with Gasteiger partial charge in [0.25, 0.3) is 5.91 Å². The van der Waals surface area contributed by atoms with E-state index < -0.39 is 0 Å². The van der Waals surface area contributed by atoms with Crippen molar-refractivity contribution in [3.63, 3.8) is 0 Å². The second-order valence-electron chi connectivity index (χ2n) is 8.14. The first-order valence-corrected chi connectivity index (χ1v) is 10.7. The standard InChI is InChI=1S/C25H27FN4O2/c1-29(2)25-27-16-21(20-9-4-5-10-22(20)26)23(28-25)17-11-13-30(14-12-17)24(31)18-7-6-8-19(15-18)32-3/h4-10,15-17H,11-14H2,1-3H3. The molecule has 1 aliphatic rings. The number of hydrogen-bond acceptors (Lipinski definition) is 5. The number of carbonyl (C=O) groups is 1. The third-order valence-electron chi connectivity index (χ3n) is 5.86. The van der Waals surface area contributed by atoms with E-state index in [2.05, 4.69) is 4.98 Å². The van der Waals surface area contributed by atoms with Crippen LogP contribution < -0.4 is 9.64 Å². The zero-order valence-corrected chi connectivity index (χ0v) is 18.6. The van der Waals surface area contributed by atoms with Gasteiger partial charge in [0.1, 0.15) is 11.6 Å². The van der Waals surface area contributed by atoms with Gasteiger partial charge in [0, 0.05) is 56.0 Å². The van der Waals surface area contributed by atoms with Crippen molar-refractivity contribution in [1.82, 2.24) is 14.9 Å². The predicted octanol–water partition coefficient (Wildman–Crippen LogP) is 4.38. The third kappa shape index (κ3) is 4.42. The number of amides is 1. The average Bonchev–Trinajstić information content (AvgIpc) is 2.83. The first-order chi connectivity index (χ1) is 15.5. The summed E-state index contributed by atoms with van der Waals surface area (Å²) in [5.74, 6) is 1.07. The van der Waals surface area contributed by atoms with Crippen molar-refractivity contribution < 1.29 is 13.9 Å². The van der Waals surface area contributed by atoms with Crippen LogP contribution in [0, 0.1) is 5.82 Å². The lowest BCUT2D eigenvalue weighted by Gasteiger charge is -2.33. The van der Waals surface area contributed by atoms with E-state index in [-0.39, 0.29) is 17.6 Å². The van der Waals surface area contributed by atoms with Crippen molar-refractivity contribution in [2.24, 2.45) is 0 Å². The molecule has 32 heavy (non-hydrogen) atoms. The lowest BCUT2D eigenvalue weighted by Crippen LogP contribution is -2.38. The number of benzene rings is 2. The van der Waals surface area contributed by atoms with Crippen molar-refractivity contribution in [3.8, 4) is 16.9 Å². The monoisotopic (exact) mass is 434 g/mol. The van der Waals surface area contributed by atoms with Gasteiger partial charge in [0.2, 0.25) is 5.95 Å². The largest absolute Gasteiger partial charge is 0.497 e. The Labute approximate surface area is 187 Å². The van der Waals surface area contributed by atoms with E-state index in [0.717, 1.165) is 18.5 Å². The average molecular weight is 435 g/mol. The minimum absolute atomic E-state index is 0.00616. The molecule has 1 amide bonds. The van der Waals surface area contributed by atoms with Crippen molar-refractivity contribution in [2.45, 2.75) is 18.8 Å². The number of nitrogens with zero attached hydrogens (tertiary/aromatic N) is 4. The lowest BCUT2D eigenvalue weighted by molar-refractivity contribution is 0.0712. The molecule has 0 unspecified atom stereocenters. The van der Waals surface area contributed by atoms with Crippen LogP contribution in [0.5, 0.6) is 5.75 Å². The van der Waals surface area contributed by atoms with E-state index >= 15 is 0 Å².